The molecular formula is C20H25N4O3S+. The molecule has 2 N–H and O–H groups in total. The molecule has 0 unspecified atom stereocenters. The molecule has 0 aliphatic carbocycles. The van der Waals surface area contributed by atoms with Gasteiger partial charge in [-0.25, -0.2) is 0 Å². The van der Waals surface area contributed by atoms with Crippen molar-refractivity contribution in [1.82, 2.24) is 14.8 Å². The summed E-state index contributed by atoms with van der Waals surface area (Å²) in [6, 6.07) is 13.9. The highest BCUT2D eigenvalue weighted by atomic mass is 32.2. The number of nitrogens with one attached hydrogen (secondary N) is 1. The van der Waals surface area contributed by atoms with Gasteiger partial charge >= 0.3 is 0 Å². The first-order valence-electron chi connectivity index (χ1n) is 9.53. The first-order chi connectivity index (χ1) is 13.8. The quantitative estimate of drug-likeness (QED) is 0.548. The van der Waals surface area contributed by atoms with Crippen molar-refractivity contribution in [3.05, 3.63) is 54.3 Å². The Morgan fingerprint density at radius 2 is 1.93 bits per heavy atom. The minimum absolute atomic E-state index is 0.396. The Morgan fingerprint density at radius 1 is 1.11 bits per heavy atom. The molecule has 1 aromatic carbocycles. The van der Waals surface area contributed by atoms with E-state index in [1.54, 1.807) is 6.26 Å². The molecule has 4 rings (SSSR count). The number of aromatic nitrogens is 3. The molecule has 8 heteroatoms. The fourth-order valence-electron chi connectivity index (χ4n) is 3.32. The number of nitrogens with zero attached hydrogens (tertiary/aromatic N) is 3. The number of hydrogen-bond donors (Lipinski definition) is 2. The van der Waals surface area contributed by atoms with Gasteiger partial charge in [-0.2, -0.15) is 0 Å². The fourth-order valence-corrected chi connectivity index (χ4v) is 4.18. The summed E-state index contributed by atoms with van der Waals surface area (Å²) in [6.45, 7) is 4.83. The van der Waals surface area contributed by atoms with Gasteiger partial charge in [0.25, 0.3) is 0 Å². The molecule has 28 heavy (non-hydrogen) atoms. The van der Waals surface area contributed by atoms with Crippen LogP contribution >= 0.6 is 11.8 Å². The number of thioether (sulfide) groups is 1. The van der Waals surface area contributed by atoms with Crippen LogP contribution in [0.3, 0.4) is 0 Å². The number of quaternary nitrogens is 1. The van der Waals surface area contributed by atoms with Gasteiger partial charge in [0.1, 0.15) is 25.7 Å². The molecular weight excluding hydrogens is 376 g/mol. The van der Waals surface area contributed by atoms with Crippen LogP contribution in [0.5, 0.6) is 0 Å². The minimum atomic E-state index is -0.396. The van der Waals surface area contributed by atoms with Crippen LogP contribution in [0.15, 0.2) is 58.3 Å². The van der Waals surface area contributed by atoms with Gasteiger partial charge in [0.05, 0.1) is 26.0 Å². The molecule has 1 saturated heterocycles. The summed E-state index contributed by atoms with van der Waals surface area (Å²) in [4.78, 5) is 1.39. The van der Waals surface area contributed by atoms with Crippen molar-refractivity contribution in [2.24, 2.45) is 0 Å². The Labute approximate surface area is 168 Å². The third-order valence-electron chi connectivity index (χ3n) is 4.77. The van der Waals surface area contributed by atoms with E-state index in [1.165, 1.54) is 16.7 Å². The van der Waals surface area contributed by atoms with Crippen molar-refractivity contribution in [3.63, 3.8) is 0 Å². The standard InChI is InChI=1S/C20H24N4O3S/c25-17(14-23-8-11-26-12-9-23)15-28-20-22-21-19(18-7-4-10-27-18)24(20)13-16-5-2-1-3-6-16/h1-7,10,17,25H,8-9,11-15H2/p+1/t17-/m0/s1. The number of hydrogen-bond acceptors (Lipinski definition) is 6. The van der Waals surface area contributed by atoms with Crippen molar-refractivity contribution in [1.29, 1.82) is 0 Å². The van der Waals surface area contributed by atoms with Crippen LogP contribution in [-0.4, -0.2) is 64.6 Å². The molecule has 1 aliphatic heterocycles. The highest BCUT2D eigenvalue weighted by molar-refractivity contribution is 7.99. The van der Waals surface area contributed by atoms with Crippen molar-refractivity contribution in [2.45, 2.75) is 17.8 Å². The number of rotatable bonds is 8. The van der Waals surface area contributed by atoms with E-state index in [1.807, 2.05) is 34.9 Å². The zero-order valence-corrected chi connectivity index (χ0v) is 16.5. The minimum Gasteiger partial charge on any atom is -0.461 e. The summed E-state index contributed by atoms with van der Waals surface area (Å²) in [7, 11) is 0. The van der Waals surface area contributed by atoms with E-state index in [-0.39, 0.29) is 0 Å². The molecule has 3 aromatic rings. The average molecular weight is 402 g/mol. The van der Waals surface area contributed by atoms with Crippen molar-refractivity contribution in [2.75, 3.05) is 38.6 Å². The summed E-state index contributed by atoms with van der Waals surface area (Å²) < 4.78 is 13.0. The predicted molar refractivity (Wildman–Crippen MR) is 106 cm³/mol. The summed E-state index contributed by atoms with van der Waals surface area (Å²) in [5.41, 5.74) is 1.16. The Morgan fingerprint density at radius 3 is 2.68 bits per heavy atom. The van der Waals surface area contributed by atoms with E-state index in [0.29, 0.717) is 23.9 Å². The number of morpholine rings is 1. The summed E-state index contributed by atoms with van der Waals surface area (Å²) in [6.07, 6.45) is 1.24. The lowest BCUT2D eigenvalue weighted by molar-refractivity contribution is -0.910. The van der Waals surface area contributed by atoms with E-state index in [2.05, 4.69) is 22.3 Å². The largest absolute Gasteiger partial charge is 0.461 e. The summed E-state index contributed by atoms with van der Waals surface area (Å²) in [5, 5.41) is 20.0. The Kier molecular flexibility index (Phi) is 6.43. The van der Waals surface area contributed by atoms with Gasteiger partial charge in [-0.3, -0.25) is 4.57 Å². The third-order valence-corrected chi connectivity index (χ3v) is 5.88. The lowest BCUT2D eigenvalue weighted by atomic mass is 10.2. The van der Waals surface area contributed by atoms with E-state index in [0.717, 1.165) is 43.6 Å². The number of aliphatic hydroxyl groups is 1. The highest BCUT2D eigenvalue weighted by Crippen LogP contribution is 2.25. The molecule has 1 aliphatic rings. The molecule has 1 fully saturated rings. The molecule has 1 atom stereocenters. The lowest BCUT2D eigenvalue weighted by Gasteiger charge is -2.25. The predicted octanol–water partition coefficient (Wildman–Crippen LogP) is 0.954. The second kappa shape index (κ2) is 9.38. The zero-order valence-electron chi connectivity index (χ0n) is 15.7. The van der Waals surface area contributed by atoms with Crippen LogP contribution in [0.1, 0.15) is 5.56 Å². The molecule has 3 heterocycles. The summed E-state index contributed by atoms with van der Waals surface area (Å²) in [5.74, 6) is 1.97. The van der Waals surface area contributed by atoms with Crippen molar-refractivity contribution in [3.8, 4) is 11.6 Å². The average Bonchev–Trinajstić information content (AvgIpc) is 3.38. The molecule has 2 aromatic heterocycles. The maximum absolute atomic E-state index is 10.5. The van der Waals surface area contributed by atoms with Crippen LogP contribution in [0, 0.1) is 0 Å². The van der Waals surface area contributed by atoms with E-state index in [9.17, 15) is 5.11 Å². The van der Waals surface area contributed by atoms with Gasteiger partial charge < -0.3 is 19.2 Å². The normalized spacial score (nSPS) is 16.3. The fraction of sp³-hybridized carbons (Fsp3) is 0.400. The van der Waals surface area contributed by atoms with Gasteiger partial charge in [0.15, 0.2) is 10.9 Å². The third kappa shape index (κ3) is 4.82. The van der Waals surface area contributed by atoms with Gasteiger partial charge in [-0.15, -0.1) is 10.2 Å². The molecule has 0 saturated carbocycles. The van der Waals surface area contributed by atoms with E-state index < -0.39 is 6.10 Å². The maximum Gasteiger partial charge on any atom is 0.200 e. The highest BCUT2D eigenvalue weighted by Gasteiger charge is 2.21. The van der Waals surface area contributed by atoms with Crippen LogP contribution in [-0.2, 0) is 11.3 Å². The van der Waals surface area contributed by atoms with Crippen LogP contribution in [0.25, 0.3) is 11.6 Å². The molecule has 0 radical (unpaired) electrons. The molecule has 0 bridgehead atoms. The molecule has 0 amide bonds. The Hall–Kier alpha value is -2.13. The van der Waals surface area contributed by atoms with Crippen LogP contribution < -0.4 is 4.90 Å². The van der Waals surface area contributed by atoms with Gasteiger partial charge in [0.2, 0.25) is 5.82 Å². The van der Waals surface area contributed by atoms with Gasteiger partial charge in [-0.1, -0.05) is 42.1 Å². The Bertz CT molecular complexity index is 848. The number of ether oxygens (including phenoxy) is 1. The monoisotopic (exact) mass is 401 g/mol. The van der Waals surface area contributed by atoms with E-state index >= 15 is 0 Å². The number of furan rings is 1. The topological polar surface area (TPSA) is 77.8 Å². The van der Waals surface area contributed by atoms with Crippen molar-refractivity contribution >= 4 is 11.8 Å². The zero-order chi connectivity index (χ0) is 19.2. The van der Waals surface area contributed by atoms with Crippen LogP contribution in [0.4, 0.5) is 0 Å². The number of benzene rings is 1. The van der Waals surface area contributed by atoms with Crippen molar-refractivity contribution < 1.29 is 19.2 Å². The smallest absolute Gasteiger partial charge is 0.200 e. The molecule has 7 nitrogen and oxygen atoms in total. The second-order valence-corrected chi connectivity index (χ2v) is 7.87. The number of aliphatic hydroxyl groups excluding tert-OH is 1. The molecule has 0 spiro atoms. The first kappa shape index (κ1) is 19.2. The molecule has 148 valence electrons. The van der Waals surface area contributed by atoms with Gasteiger partial charge in [0, 0.05) is 5.75 Å². The second-order valence-electron chi connectivity index (χ2n) is 6.89. The van der Waals surface area contributed by atoms with E-state index in [4.69, 9.17) is 9.15 Å². The lowest BCUT2D eigenvalue weighted by Crippen LogP contribution is -3.15. The maximum atomic E-state index is 10.5. The summed E-state index contributed by atoms with van der Waals surface area (Å²) >= 11 is 1.53. The van der Waals surface area contributed by atoms with Crippen LogP contribution in [0.2, 0.25) is 0 Å². The SMILES string of the molecule is O[C@H](CSc1nnc(-c2ccco2)n1Cc1ccccc1)C[NH+]1CCOCC1. The van der Waals surface area contributed by atoms with Gasteiger partial charge in [-0.05, 0) is 17.7 Å². The Balaban J connectivity index is 1.46. The first-order valence-corrected chi connectivity index (χ1v) is 10.5.